The first-order chi connectivity index (χ1) is 8.04. The van der Waals surface area contributed by atoms with Gasteiger partial charge in [0.05, 0.1) is 29.5 Å². The van der Waals surface area contributed by atoms with Crippen LogP contribution in [0, 0.1) is 13.8 Å². The van der Waals surface area contributed by atoms with Crippen molar-refractivity contribution in [3.05, 3.63) is 15.6 Å². The van der Waals surface area contributed by atoms with Crippen LogP contribution in [0.25, 0.3) is 0 Å². The number of thiazole rings is 1. The van der Waals surface area contributed by atoms with Crippen LogP contribution in [0.3, 0.4) is 0 Å². The predicted octanol–water partition coefficient (Wildman–Crippen LogP) is 3.23. The molecule has 1 aromatic rings. The highest BCUT2D eigenvalue weighted by molar-refractivity contribution is 7.11. The molecule has 0 saturated heterocycles. The molecule has 3 nitrogen and oxygen atoms in total. The lowest BCUT2D eigenvalue weighted by Gasteiger charge is -2.19. The van der Waals surface area contributed by atoms with Gasteiger partial charge in [-0.3, -0.25) is 0 Å². The zero-order chi connectivity index (χ0) is 12.8. The minimum Gasteiger partial charge on any atom is -0.377 e. The van der Waals surface area contributed by atoms with Crippen LogP contribution >= 0.6 is 11.3 Å². The third-order valence-corrected chi connectivity index (χ3v) is 3.68. The molecule has 0 bridgehead atoms. The molecule has 1 atom stereocenters. The molecule has 0 aliphatic carbocycles. The van der Waals surface area contributed by atoms with Crippen molar-refractivity contribution >= 4 is 11.3 Å². The molecule has 0 radical (unpaired) electrons. The number of hydrogen-bond donors (Lipinski definition) is 1. The molecular formula is C13H24N2OS. The standard InChI is InChI=1S/C13H24N2OS/c1-6-7-14-12(8-16-9(2)3)13-10(4)15-11(5)17-13/h9,12,14H,6-8H2,1-5H3. The summed E-state index contributed by atoms with van der Waals surface area (Å²) >= 11 is 1.77. The quantitative estimate of drug-likeness (QED) is 0.813. The van der Waals surface area contributed by atoms with E-state index >= 15 is 0 Å². The van der Waals surface area contributed by atoms with E-state index in [0.717, 1.165) is 30.3 Å². The van der Waals surface area contributed by atoms with Crippen molar-refractivity contribution in [3.8, 4) is 0 Å². The van der Waals surface area contributed by atoms with E-state index in [1.807, 2.05) is 0 Å². The molecule has 98 valence electrons. The second-order valence-electron chi connectivity index (χ2n) is 4.57. The van der Waals surface area contributed by atoms with Gasteiger partial charge in [-0.25, -0.2) is 4.98 Å². The average Bonchev–Trinajstić information content (AvgIpc) is 2.58. The fourth-order valence-corrected chi connectivity index (χ4v) is 2.69. The lowest BCUT2D eigenvalue weighted by atomic mass is 10.2. The molecule has 0 aliphatic heterocycles. The second-order valence-corrected chi connectivity index (χ2v) is 5.81. The molecule has 0 fully saturated rings. The Morgan fingerprint density at radius 2 is 2.06 bits per heavy atom. The maximum Gasteiger partial charge on any atom is 0.0900 e. The van der Waals surface area contributed by atoms with Gasteiger partial charge in [0, 0.05) is 4.88 Å². The van der Waals surface area contributed by atoms with Crippen LogP contribution in [-0.2, 0) is 4.74 Å². The molecule has 0 spiro atoms. The highest BCUT2D eigenvalue weighted by Gasteiger charge is 2.17. The molecule has 17 heavy (non-hydrogen) atoms. The topological polar surface area (TPSA) is 34.1 Å². The fourth-order valence-electron chi connectivity index (χ4n) is 1.70. The maximum atomic E-state index is 5.74. The van der Waals surface area contributed by atoms with Gasteiger partial charge in [-0.05, 0) is 40.7 Å². The van der Waals surface area contributed by atoms with Gasteiger partial charge in [-0.2, -0.15) is 0 Å². The first kappa shape index (κ1) is 14.6. The Labute approximate surface area is 109 Å². The molecule has 0 aliphatic rings. The molecule has 0 amide bonds. The third-order valence-electron chi connectivity index (χ3n) is 2.49. The number of nitrogens with one attached hydrogen (secondary N) is 1. The molecule has 1 aromatic heterocycles. The maximum absolute atomic E-state index is 5.74. The van der Waals surface area contributed by atoms with Gasteiger partial charge in [-0.1, -0.05) is 6.92 Å². The van der Waals surface area contributed by atoms with Gasteiger partial charge in [0.2, 0.25) is 0 Å². The number of ether oxygens (including phenoxy) is 1. The summed E-state index contributed by atoms with van der Waals surface area (Å²) in [6, 6.07) is 0.281. The van der Waals surface area contributed by atoms with E-state index in [1.54, 1.807) is 11.3 Å². The molecular weight excluding hydrogens is 232 g/mol. The largest absolute Gasteiger partial charge is 0.377 e. The number of aryl methyl sites for hydroxylation is 2. The van der Waals surface area contributed by atoms with Crippen molar-refractivity contribution in [2.75, 3.05) is 13.2 Å². The van der Waals surface area contributed by atoms with E-state index in [9.17, 15) is 0 Å². The molecule has 1 N–H and O–H groups in total. The number of rotatable bonds is 7. The molecule has 0 aromatic carbocycles. The smallest absolute Gasteiger partial charge is 0.0900 e. The van der Waals surface area contributed by atoms with Crippen molar-refractivity contribution in [1.29, 1.82) is 0 Å². The minimum atomic E-state index is 0.273. The monoisotopic (exact) mass is 256 g/mol. The molecule has 4 heteroatoms. The number of aromatic nitrogens is 1. The lowest BCUT2D eigenvalue weighted by molar-refractivity contribution is 0.0616. The Hall–Kier alpha value is -0.450. The third kappa shape index (κ3) is 4.74. The van der Waals surface area contributed by atoms with Crippen LogP contribution in [0.15, 0.2) is 0 Å². The zero-order valence-electron chi connectivity index (χ0n) is 11.5. The average molecular weight is 256 g/mol. The Kier molecular flexibility index (Phi) is 6.09. The lowest BCUT2D eigenvalue weighted by Crippen LogP contribution is -2.27. The Bertz CT molecular complexity index is 336. The molecule has 1 unspecified atom stereocenters. The van der Waals surface area contributed by atoms with Gasteiger partial charge in [0.1, 0.15) is 0 Å². The van der Waals surface area contributed by atoms with Crippen molar-refractivity contribution in [2.45, 2.75) is 53.2 Å². The summed E-state index contributed by atoms with van der Waals surface area (Å²) in [5.41, 5.74) is 1.13. The van der Waals surface area contributed by atoms with Crippen LogP contribution in [0.1, 0.15) is 48.8 Å². The SMILES string of the molecule is CCCNC(COC(C)C)c1sc(C)nc1C. The van der Waals surface area contributed by atoms with E-state index in [-0.39, 0.29) is 12.1 Å². The van der Waals surface area contributed by atoms with E-state index in [0.29, 0.717) is 0 Å². The Morgan fingerprint density at radius 1 is 1.35 bits per heavy atom. The van der Waals surface area contributed by atoms with Crippen molar-refractivity contribution in [3.63, 3.8) is 0 Å². The normalized spacial score (nSPS) is 13.3. The van der Waals surface area contributed by atoms with Gasteiger partial charge in [-0.15, -0.1) is 11.3 Å². The van der Waals surface area contributed by atoms with Crippen LogP contribution in [0.5, 0.6) is 0 Å². The van der Waals surface area contributed by atoms with E-state index in [2.05, 4.69) is 44.9 Å². The van der Waals surface area contributed by atoms with Gasteiger partial charge in [0.25, 0.3) is 0 Å². The molecule has 1 rings (SSSR count). The highest BCUT2D eigenvalue weighted by Crippen LogP contribution is 2.25. The molecule has 1 heterocycles. The summed E-state index contributed by atoms with van der Waals surface area (Å²) in [6.45, 7) is 12.2. The summed E-state index contributed by atoms with van der Waals surface area (Å²) in [5.74, 6) is 0. The van der Waals surface area contributed by atoms with Crippen LogP contribution in [0.2, 0.25) is 0 Å². The van der Waals surface area contributed by atoms with Gasteiger partial charge < -0.3 is 10.1 Å². The van der Waals surface area contributed by atoms with Crippen molar-refractivity contribution < 1.29 is 4.74 Å². The minimum absolute atomic E-state index is 0.273. The van der Waals surface area contributed by atoms with E-state index in [1.165, 1.54) is 4.88 Å². The first-order valence-electron chi connectivity index (χ1n) is 6.33. The summed E-state index contributed by atoms with van der Waals surface area (Å²) in [7, 11) is 0. The summed E-state index contributed by atoms with van der Waals surface area (Å²) in [6.07, 6.45) is 1.41. The zero-order valence-corrected chi connectivity index (χ0v) is 12.4. The van der Waals surface area contributed by atoms with Gasteiger partial charge >= 0.3 is 0 Å². The number of hydrogen-bond acceptors (Lipinski definition) is 4. The fraction of sp³-hybridized carbons (Fsp3) is 0.769. The predicted molar refractivity (Wildman–Crippen MR) is 73.7 cm³/mol. The Balaban J connectivity index is 2.70. The second kappa shape index (κ2) is 7.09. The van der Waals surface area contributed by atoms with Crippen molar-refractivity contribution in [1.82, 2.24) is 10.3 Å². The summed E-state index contributed by atoms with van der Waals surface area (Å²) in [5, 5.41) is 4.67. The van der Waals surface area contributed by atoms with Gasteiger partial charge in [0.15, 0.2) is 0 Å². The first-order valence-corrected chi connectivity index (χ1v) is 7.15. The molecule has 0 saturated carbocycles. The highest BCUT2D eigenvalue weighted by atomic mass is 32.1. The van der Waals surface area contributed by atoms with Crippen LogP contribution < -0.4 is 5.32 Å². The van der Waals surface area contributed by atoms with Crippen molar-refractivity contribution in [2.24, 2.45) is 0 Å². The number of nitrogens with zero attached hydrogens (tertiary/aromatic N) is 1. The Morgan fingerprint density at radius 3 is 2.53 bits per heavy atom. The van der Waals surface area contributed by atoms with E-state index < -0.39 is 0 Å². The summed E-state index contributed by atoms with van der Waals surface area (Å²) in [4.78, 5) is 5.81. The summed E-state index contributed by atoms with van der Waals surface area (Å²) < 4.78 is 5.74. The van der Waals surface area contributed by atoms with Crippen LogP contribution in [0.4, 0.5) is 0 Å². The van der Waals surface area contributed by atoms with Crippen LogP contribution in [-0.4, -0.2) is 24.2 Å². The van der Waals surface area contributed by atoms with E-state index in [4.69, 9.17) is 4.74 Å².